The van der Waals surface area contributed by atoms with Crippen molar-refractivity contribution in [2.45, 2.75) is 6.04 Å². The van der Waals surface area contributed by atoms with E-state index in [1.807, 2.05) is 17.9 Å². The number of H-pyrrole nitrogens is 1. The zero-order chi connectivity index (χ0) is 19.5. The van der Waals surface area contributed by atoms with E-state index in [1.165, 1.54) is 0 Å². The largest absolute Gasteiger partial charge is 0.354 e. The second-order valence-electron chi connectivity index (χ2n) is 8.14. The van der Waals surface area contributed by atoms with Gasteiger partial charge in [-0.1, -0.05) is 12.1 Å². The summed E-state index contributed by atoms with van der Waals surface area (Å²) < 4.78 is 1.13. The van der Waals surface area contributed by atoms with Gasteiger partial charge in [-0.25, -0.2) is 4.98 Å². The lowest BCUT2D eigenvalue weighted by Crippen LogP contribution is -2.31. The summed E-state index contributed by atoms with van der Waals surface area (Å²) in [4.78, 5) is 9.32. The van der Waals surface area contributed by atoms with E-state index in [2.05, 4.69) is 73.5 Å². The van der Waals surface area contributed by atoms with E-state index in [1.54, 1.807) is 11.3 Å². The zero-order valence-corrected chi connectivity index (χ0v) is 17.1. The first kappa shape index (κ1) is 17.1. The third-order valence-electron chi connectivity index (χ3n) is 6.29. The summed E-state index contributed by atoms with van der Waals surface area (Å²) in [7, 11) is 4.36. The van der Waals surface area contributed by atoms with Crippen LogP contribution in [0.15, 0.2) is 42.2 Å². The molecule has 7 nitrogen and oxygen atoms in total. The van der Waals surface area contributed by atoms with Crippen LogP contribution in [0, 0.1) is 11.8 Å². The van der Waals surface area contributed by atoms with Crippen molar-refractivity contribution in [2.75, 3.05) is 32.1 Å². The lowest BCUT2D eigenvalue weighted by atomic mass is 10.0. The summed E-state index contributed by atoms with van der Waals surface area (Å²) >= 11 is 1.63. The second-order valence-corrected chi connectivity index (χ2v) is 9.00. The zero-order valence-electron chi connectivity index (χ0n) is 16.3. The first-order valence-corrected chi connectivity index (χ1v) is 10.7. The Balaban J connectivity index is 1.28. The summed E-state index contributed by atoms with van der Waals surface area (Å²) in [6.07, 6.45) is 3.72. The quantitative estimate of drug-likeness (QED) is 0.564. The molecule has 4 aromatic rings. The standard InChI is InChI=1S/C21H21N7S/c1-27(2)20-15-9-28(10-16(15)20)18-6-5-17(25-26-18)14-4-3-13(12-7-23-24-8-12)19-21(14)29-11-22-19/h3-8,11,15-16,20H,9-10H2,1-2H3,(H,23,24)/t15-,16+,20?. The van der Waals surface area contributed by atoms with Crippen LogP contribution in [0.4, 0.5) is 5.82 Å². The average molecular weight is 404 g/mol. The number of aromatic amines is 1. The highest BCUT2D eigenvalue weighted by atomic mass is 32.1. The van der Waals surface area contributed by atoms with Gasteiger partial charge in [0.1, 0.15) is 0 Å². The van der Waals surface area contributed by atoms with Crippen molar-refractivity contribution in [3.8, 4) is 22.4 Å². The number of hydrogen-bond donors (Lipinski definition) is 1. The Bertz CT molecular complexity index is 1150. The van der Waals surface area contributed by atoms with Gasteiger partial charge in [0.05, 0.1) is 27.6 Å². The highest BCUT2D eigenvalue weighted by molar-refractivity contribution is 7.17. The van der Waals surface area contributed by atoms with E-state index in [0.717, 1.165) is 69.4 Å². The van der Waals surface area contributed by atoms with Crippen molar-refractivity contribution in [1.29, 1.82) is 0 Å². The molecule has 0 radical (unpaired) electrons. The van der Waals surface area contributed by atoms with E-state index in [9.17, 15) is 0 Å². The van der Waals surface area contributed by atoms with E-state index >= 15 is 0 Å². The maximum atomic E-state index is 4.59. The van der Waals surface area contributed by atoms with Gasteiger partial charge in [0.2, 0.25) is 0 Å². The first-order valence-electron chi connectivity index (χ1n) is 9.81. The number of piperidine rings is 1. The number of nitrogens with zero attached hydrogens (tertiary/aromatic N) is 6. The molecule has 0 spiro atoms. The van der Waals surface area contributed by atoms with Crippen LogP contribution < -0.4 is 4.90 Å². The Morgan fingerprint density at radius 2 is 1.90 bits per heavy atom. The van der Waals surface area contributed by atoms with Crippen molar-refractivity contribution in [2.24, 2.45) is 11.8 Å². The fraction of sp³-hybridized carbons (Fsp3) is 0.333. The molecule has 1 unspecified atom stereocenters. The van der Waals surface area contributed by atoms with E-state index in [-0.39, 0.29) is 0 Å². The summed E-state index contributed by atoms with van der Waals surface area (Å²) in [6.45, 7) is 2.17. The highest BCUT2D eigenvalue weighted by Gasteiger charge is 2.57. The van der Waals surface area contributed by atoms with Gasteiger partial charge in [-0.2, -0.15) is 5.10 Å². The summed E-state index contributed by atoms with van der Waals surface area (Å²) in [5, 5.41) is 16.1. The smallest absolute Gasteiger partial charge is 0.151 e. The van der Waals surface area contributed by atoms with Crippen LogP contribution in [0.1, 0.15) is 0 Å². The molecule has 1 saturated heterocycles. The van der Waals surface area contributed by atoms with E-state index < -0.39 is 0 Å². The van der Waals surface area contributed by atoms with Crippen molar-refractivity contribution >= 4 is 27.4 Å². The topological polar surface area (TPSA) is 73.8 Å². The summed E-state index contributed by atoms with van der Waals surface area (Å²) in [6, 6.07) is 9.13. The lowest BCUT2D eigenvalue weighted by Gasteiger charge is -2.22. The van der Waals surface area contributed by atoms with E-state index in [4.69, 9.17) is 0 Å². The predicted octanol–water partition coefficient (Wildman–Crippen LogP) is 3.14. The molecule has 1 aromatic carbocycles. The number of aromatic nitrogens is 5. The number of thiazole rings is 1. The molecule has 1 aliphatic carbocycles. The van der Waals surface area contributed by atoms with Gasteiger partial charge in [-0.3, -0.25) is 5.10 Å². The molecule has 2 fully saturated rings. The monoisotopic (exact) mass is 403 g/mol. The Morgan fingerprint density at radius 3 is 2.59 bits per heavy atom. The third kappa shape index (κ3) is 2.67. The minimum atomic E-state index is 0.742. The molecule has 146 valence electrons. The Morgan fingerprint density at radius 1 is 1.07 bits per heavy atom. The van der Waals surface area contributed by atoms with Gasteiger partial charge in [-0.05, 0) is 38.1 Å². The normalized spacial score (nSPS) is 23.1. The van der Waals surface area contributed by atoms with Crippen molar-refractivity contribution in [3.63, 3.8) is 0 Å². The van der Waals surface area contributed by atoms with Gasteiger partial charge in [0, 0.05) is 42.0 Å². The van der Waals surface area contributed by atoms with Crippen molar-refractivity contribution in [1.82, 2.24) is 30.3 Å². The maximum absolute atomic E-state index is 4.59. The minimum Gasteiger partial charge on any atom is -0.354 e. The number of anilines is 1. The number of rotatable bonds is 4. The summed E-state index contributed by atoms with van der Waals surface area (Å²) in [5.41, 5.74) is 6.95. The fourth-order valence-electron chi connectivity index (χ4n) is 4.87. The third-order valence-corrected chi connectivity index (χ3v) is 7.15. The van der Waals surface area contributed by atoms with Gasteiger partial charge in [-0.15, -0.1) is 21.5 Å². The molecule has 29 heavy (non-hydrogen) atoms. The molecule has 4 heterocycles. The molecule has 6 rings (SSSR count). The van der Waals surface area contributed by atoms with Crippen LogP contribution >= 0.6 is 11.3 Å². The van der Waals surface area contributed by atoms with Gasteiger partial charge >= 0.3 is 0 Å². The van der Waals surface area contributed by atoms with Gasteiger partial charge in [0.15, 0.2) is 5.82 Å². The van der Waals surface area contributed by atoms with E-state index in [0.29, 0.717) is 0 Å². The Labute approximate surface area is 172 Å². The predicted molar refractivity (Wildman–Crippen MR) is 115 cm³/mol. The van der Waals surface area contributed by atoms with Crippen LogP contribution in [0.5, 0.6) is 0 Å². The molecule has 8 heteroatoms. The van der Waals surface area contributed by atoms with Gasteiger partial charge < -0.3 is 9.80 Å². The molecule has 1 saturated carbocycles. The van der Waals surface area contributed by atoms with Crippen LogP contribution in [-0.4, -0.2) is 63.5 Å². The number of hydrogen-bond acceptors (Lipinski definition) is 7. The van der Waals surface area contributed by atoms with Crippen LogP contribution in [0.3, 0.4) is 0 Å². The van der Waals surface area contributed by atoms with Crippen LogP contribution in [0.25, 0.3) is 32.6 Å². The molecule has 0 amide bonds. The van der Waals surface area contributed by atoms with Gasteiger partial charge in [0.25, 0.3) is 0 Å². The molecular weight excluding hydrogens is 382 g/mol. The fourth-order valence-corrected chi connectivity index (χ4v) is 5.71. The molecule has 2 aliphatic rings. The van der Waals surface area contributed by atoms with Crippen molar-refractivity contribution < 1.29 is 0 Å². The summed E-state index contributed by atoms with van der Waals surface area (Å²) in [5.74, 6) is 2.53. The first-order chi connectivity index (χ1) is 14.2. The number of benzene rings is 1. The Hall–Kier alpha value is -2.84. The molecule has 3 atom stereocenters. The maximum Gasteiger partial charge on any atom is 0.151 e. The van der Waals surface area contributed by atoms with Crippen LogP contribution in [0.2, 0.25) is 0 Å². The SMILES string of the molecule is CN(C)C1[C@H]2CN(c3ccc(-c4ccc(-c5cn[nH]c5)c5ncsc45)nn3)C[C@@H]12. The number of nitrogens with one attached hydrogen (secondary N) is 1. The second kappa shape index (κ2) is 6.33. The minimum absolute atomic E-state index is 0.742. The van der Waals surface area contributed by atoms with Crippen molar-refractivity contribution in [3.05, 3.63) is 42.2 Å². The molecular formula is C21H21N7S. The highest BCUT2D eigenvalue weighted by Crippen LogP contribution is 2.48. The number of fused-ring (bicyclic) bond motifs is 2. The Kier molecular flexibility index (Phi) is 3.72. The van der Waals surface area contributed by atoms with Crippen LogP contribution in [-0.2, 0) is 0 Å². The lowest BCUT2D eigenvalue weighted by molar-refractivity contribution is 0.356. The molecule has 3 aromatic heterocycles. The molecule has 0 bridgehead atoms. The molecule has 1 aliphatic heterocycles. The molecule has 1 N–H and O–H groups in total. The average Bonchev–Trinajstić information content (AvgIpc) is 3.26.